The minimum absolute atomic E-state index is 0.565. The summed E-state index contributed by atoms with van der Waals surface area (Å²) in [4.78, 5) is 4.66. The van der Waals surface area contributed by atoms with Crippen LogP contribution in [0, 0.1) is 0 Å². The number of thioether (sulfide) groups is 1. The largest absolute Gasteiger partial charge is 0.398 e. The highest BCUT2D eigenvalue weighted by molar-refractivity contribution is 7.99. The van der Waals surface area contributed by atoms with Crippen molar-refractivity contribution in [1.29, 1.82) is 0 Å². The first-order chi connectivity index (χ1) is 7.56. The van der Waals surface area contributed by atoms with Gasteiger partial charge in [0.05, 0.1) is 11.3 Å². The molecule has 1 aromatic carbocycles. The van der Waals surface area contributed by atoms with Gasteiger partial charge in [0.1, 0.15) is 0 Å². The van der Waals surface area contributed by atoms with Crippen LogP contribution in [-0.2, 0) is 0 Å². The average Bonchev–Trinajstić information content (AvgIpc) is 2.25. The highest BCUT2D eigenvalue weighted by Crippen LogP contribution is 2.31. The average molecular weight is 243 g/mol. The summed E-state index contributed by atoms with van der Waals surface area (Å²) >= 11 is 0.769. The third-order valence-corrected chi connectivity index (χ3v) is 3.10. The van der Waals surface area contributed by atoms with Gasteiger partial charge in [-0.25, -0.2) is 0 Å². The number of nitrogens with zero attached hydrogens (tertiary/aromatic N) is 1. The highest BCUT2D eigenvalue weighted by Gasteiger charge is 2.27. The second-order valence-corrected chi connectivity index (χ2v) is 4.25. The molecular weight excluding hydrogens is 235 g/mol. The first-order valence-electron chi connectivity index (χ1n) is 4.59. The van der Waals surface area contributed by atoms with Gasteiger partial charge in [-0.1, -0.05) is 18.2 Å². The quantitative estimate of drug-likeness (QED) is 0.742. The monoisotopic (exact) mass is 243 g/mol. The Morgan fingerprint density at radius 1 is 1.12 bits per heavy atom. The standard InChI is InChI=1S/C11H8F3NS/c12-11(13,14)7-16-9-5-1-3-8-4-2-6-15-10(8)9/h1-6H,7H2. The molecule has 0 saturated heterocycles. The summed E-state index contributed by atoms with van der Waals surface area (Å²) in [5, 5.41) is 0.856. The lowest BCUT2D eigenvalue weighted by molar-refractivity contribution is -0.105. The van der Waals surface area contributed by atoms with E-state index in [9.17, 15) is 13.2 Å². The smallest absolute Gasteiger partial charge is 0.255 e. The summed E-state index contributed by atoms with van der Waals surface area (Å²) in [6.45, 7) is 0. The molecule has 0 unspecified atom stereocenters. The third-order valence-electron chi connectivity index (χ3n) is 1.99. The number of benzene rings is 1. The summed E-state index contributed by atoms with van der Waals surface area (Å²) in [6, 6.07) is 8.83. The number of rotatable bonds is 2. The molecule has 0 amide bonds. The molecule has 1 aromatic heterocycles. The Morgan fingerprint density at radius 2 is 1.88 bits per heavy atom. The van der Waals surface area contributed by atoms with Crippen molar-refractivity contribution < 1.29 is 13.2 Å². The normalized spacial score (nSPS) is 11.9. The Balaban J connectivity index is 2.30. The van der Waals surface area contributed by atoms with E-state index in [1.807, 2.05) is 12.1 Å². The van der Waals surface area contributed by atoms with Crippen LogP contribution >= 0.6 is 11.8 Å². The Bertz CT molecular complexity index is 491. The zero-order valence-corrected chi connectivity index (χ0v) is 8.98. The molecule has 1 nitrogen and oxygen atoms in total. The van der Waals surface area contributed by atoms with Crippen LogP contribution < -0.4 is 0 Å². The first kappa shape index (κ1) is 11.3. The summed E-state index contributed by atoms with van der Waals surface area (Å²) < 4.78 is 36.3. The number of aromatic nitrogens is 1. The molecule has 2 aromatic rings. The fourth-order valence-electron chi connectivity index (χ4n) is 1.35. The minimum atomic E-state index is -4.15. The maximum atomic E-state index is 12.1. The van der Waals surface area contributed by atoms with Gasteiger partial charge < -0.3 is 0 Å². The maximum Gasteiger partial charge on any atom is 0.398 e. The van der Waals surface area contributed by atoms with Gasteiger partial charge in [-0.3, -0.25) is 4.98 Å². The van der Waals surface area contributed by atoms with Crippen LogP contribution in [0.5, 0.6) is 0 Å². The van der Waals surface area contributed by atoms with E-state index in [1.54, 1.807) is 24.4 Å². The van der Waals surface area contributed by atoms with Gasteiger partial charge in [0.2, 0.25) is 0 Å². The minimum Gasteiger partial charge on any atom is -0.255 e. The lowest BCUT2D eigenvalue weighted by Gasteiger charge is -2.07. The predicted octanol–water partition coefficient (Wildman–Crippen LogP) is 3.89. The van der Waals surface area contributed by atoms with Crippen LogP contribution in [0.15, 0.2) is 41.4 Å². The fourth-order valence-corrected chi connectivity index (χ4v) is 2.15. The van der Waals surface area contributed by atoms with Gasteiger partial charge in [0, 0.05) is 16.5 Å². The Labute approximate surface area is 94.7 Å². The van der Waals surface area contributed by atoms with E-state index in [0.717, 1.165) is 17.1 Å². The Kier molecular flexibility index (Phi) is 3.05. The molecule has 0 radical (unpaired) electrons. The number of hydrogen-bond acceptors (Lipinski definition) is 2. The van der Waals surface area contributed by atoms with Crippen molar-refractivity contribution in [3.05, 3.63) is 36.5 Å². The van der Waals surface area contributed by atoms with E-state index in [2.05, 4.69) is 4.98 Å². The molecule has 5 heteroatoms. The van der Waals surface area contributed by atoms with Gasteiger partial charge in [-0.2, -0.15) is 13.2 Å². The predicted molar refractivity (Wildman–Crippen MR) is 58.5 cm³/mol. The lowest BCUT2D eigenvalue weighted by Crippen LogP contribution is -2.10. The maximum absolute atomic E-state index is 12.1. The molecular formula is C11H8F3NS. The van der Waals surface area contributed by atoms with Crippen molar-refractivity contribution in [2.75, 3.05) is 5.75 Å². The van der Waals surface area contributed by atoms with Crippen molar-refractivity contribution in [3.63, 3.8) is 0 Å². The number of alkyl halides is 3. The van der Waals surface area contributed by atoms with Crippen molar-refractivity contribution in [2.24, 2.45) is 0 Å². The fraction of sp³-hybridized carbons (Fsp3) is 0.182. The number of para-hydroxylation sites is 1. The topological polar surface area (TPSA) is 12.9 Å². The molecule has 1 heterocycles. The van der Waals surface area contributed by atoms with E-state index in [0.29, 0.717) is 10.4 Å². The second-order valence-electron chi connectivity index (χ2n) is 3.24. The number of pyridine rings is 1. The van der Waals surface area contributed by atoms with E-state index >= 15 is 0 Å². The number of hydrogen-bond donors (Lipinski definition) is 0. The Hall–Kier alpha value is -1.23. The van der Waals surface area contributed by atoms with Crippen LogP contribution in [0.3, 0.4) is 0 Å². The molecule has 0 bridgehead atoms. The highest BCUT2D eigenvalue weighted by atomic mass is 32.2. The summed E-state index contributed by atoms with van der Waals surface area (Å²) in [7, 11) is 0. The van der Waals surface area contributed by atoms with E-state index in [-0.39, 0.29) is 0 Å². The molecule has 0 atom stereocenters. The molecule has 0 aliphatic carbocycles. The van der Waals surface area contributed by atoms with Gasteiger partial charge in [-0.15, -0.1) is 11.8 Å². The molecule has 0 fully saturated rings. The third kappa shape index (κ3) is 2.66. The summed E-state index contributed by atoms with van der Waals surface area (Å²) in [5.41, 5.74) is 0.624. The number of halogens is 3. The van der Waals surface area contributed by atoms with Gasteiger partial charge >= 0.3 is 6.18 Å². The van der Waals surface area contributed by atoms with E-state index in [1.165, 1.54) is 0 Å². The Morgan fingerprint density at radius 3 is 2.62 bits per heavy atom. The molecule has 2 rings (SSSR count). The molecule has 0 N–H and O–H groups in total. The molecule has 16 heavy (non-hydrogen) atoms. The molecule has 0 aliphatic rings. The number of fused-ring (bicyclic) bond motifs is 1. The lowest BCUT2D eigenvalue weighted by atomic mass is 10.2. The van der Waals surface area contributed by atoms with Crippen molar-refractivity contribution in [2.45, 2.75) is 11.1 Å². The summed E-state index contributed by atoms with van der Waals surface area (Å²) in [5.74, 6) is -0.886. The first-order valence-corrected chi connectivity index (χ1v) is 5.58. The van der Waals surface area contributed by atoms with Gasteiger partial charge in [-0.05, 0) is 12.1 Å². The molecule has 0 aliphatic heterocycles. The molecule has 0 saturated carbocycles. The van der Waals surface area contributed by atoms with E-state index in [4.69, 9.17) is 0 Å². The SMILES string of the molecule is FC(F)(F)CSc1cccc2cccnc12. The van der Waals surface area contributed by atoms with Crippen molar-refractivity contribution in [1.82, 2.24) is 4.98 Å². The second kappa shape index (κ2) is 4.33. The van der Waals surface area contributed by atoms with Crippen molar-refractivity contribution in [3.8, 4) is 0 Å². The van der Waals surface area contributed by atoms with Crippen molar-refractivity contribution >= 4 is 22.7 Å². The molecule has 84 valence electrons. The van der Waals surface area contributed by atoms with Crippen LogP contribution in [0.25, 0.3) is 10.9 Å². The van der Waals surface area contributed by atoms with E-state index < -0.39 is 11.9 Å². The van der Waals surface area contributed by atoms with Gasteiger partial charge in [0.25, 0.3) is 0 Å². The zero-order valence-electron chi connectivity index (χ0n) is 8.16. The van der Waals surface area contributed by atoms with Crippen LogP contribution in [0.2, 0.25) is 0 Å². The van der Waals surface area contributed by atoms with Gasteiger partial charge in [0.15, 0.2) is 0 Å². The van der Waals surface area contributed by atoms with Crippen LogP contribution in [0.4, 0.5) is 13.2 Å². The zero-order chi connectivity index (χ0) is 11.6. The van der Waals surface area contributed by atoms with Crippen LogP contribution in [0.1, 0.15) is 0 Å². The molecule has 0 spiro atoms. The summed E-state index contributed by atoms with van der Waals surface area (Å²) in [6.07, 6.45) is -2.57. The van der Waals surface area contributed by atoms with Crippen LogP contribution in [-0.4, -0.2) is 16.9 Å².